The number of hydrogen-bond acceptors (Lipinski definition) is 5. The molecule has 1 aromatic carbocycles. The van der Waals surface area contributed by atoms with Crippen molar-refractivity contribution in [1.82, 2.24) is 15.1 Å². The average Bonchev–Trinajstić information content (AvgIpc) is 2.97. The highest BCUT2D eigenvalue weighted by molar-refractivity contribution is 6.30. The van der Waals surface area contributed by atoms with Crippen molar-refractivity contribution in [3.63, 3.8) is 0 Å². The Balaban J connectivity index is 1.71. The molecule has 0 spiro atoms. The number of hydrogen-bond donors (Lipinski definition) is 1. The van der Waals surface area contributed by atoms with E-state index in [0.29, 0.717) is 23.3 Å². The summed E-state index contributed by atoms with van der Waals surface area (Å²) in [5, 5.41) is 18.3. The zero-order valence-electron chi connectivity index (χ0n) is 11.7. The Labute approximate surface area is 128 Å². The van der Waals surface area contributed by atoms with Crippen molar-refractivity contribution in [3.8, 4) is 11.5 Å². The lowest BCUT2D eigenvalue weighted by Crippen LogP contribution is -2.41. The maximum atomic E-state index is 9.43. The van der Waals surface area contributed by atoms with Gasteiger partial charge in [-0.2, -0.15) is 0 Å². The molecular formula is C15H18ClN3O2. The first-order chi connectivity index (χ1) is 10.3. The van der Waals surface area contributed by atoms with Gasteiger partial charge in [0.15, 0.2) is 0 Å². The van der Waals surface area contributed by atoms with E-state index in [2.05, 4.69) is 15.1 Å². The fourth-order valence-electron chi connectivity index (χ4n) is 2.68. The van der Waals surface area contributed by atoms with Gasteiger partial charge in [0.2, 0.25) is 11.8 Å². The molecule has 1 atom stereocenters. The molecule has 1 saturated heterocycles. The van der Waals surface area contributed by atoms with Gasteiger partial charge in [-0.25, -0.2) is 0 Å². The summed E-state index contributed by atoms with van der Waals surface area (Å²) in [7, 11) is 0. The lowest BCUT2D eigenvalue weighted by atomic mass is 10.0. The van der Waals surface area contributed by atoms with Gasteiger partial charge in [0.05, 0.1) is 13.2 Å². The fourth-order valence-corrected chi connectivity index (χ4v) is 2.80. The van der Waals surface area contributed by atoms with E-state index in [-0.39, 0.29) is 12.6 Å². The van der Waals surface area contributed by atoms with Gasteiger partial charge in [0.25, 0.3) is 0 Å². The quantitative estimate of drug-likeness (QED) is 0.941. The number of rotatable bonds is 4. The fraction of sp³-hybridized carbons (Fsp3) is 0.467. The molecule has 1 aliphatic heterocycles. The Bertz CT molecular complexity index is 585. The molecule has 1 N–H and O–H groups in total. The van der Waals surface area contributed by atoms with Crippen LogP contribution in [0.4, 0.5) is 0 Å². The van der Waals surface area contributed by atoms with Crippen LogP contribution in [0.2, 0.25) is 5.02 Å². The van der Waals surface area contributed by atoms with Crippen molar-refractivity contribution < 1.29 is 9.52 Å². The number of aromatic nitrogens is 2. The molecule has 2 heterocycles. The number of piperidine rings is 1. The number of likely N-dealkylation sites (tertiary alicyclic amines) is 1. The number of nitrogens with zero attached hydrogens (tertiary/aromatic N) is 3. The average molecular weight is 308 g/mol. The van der Waals surface area contributed by atoms with Crippen LogP contribution in [0.25, 0.3) is 11.5 Å². The predicted molar refractivity (Wildman–Crippen MR) is 79.9 cm³/mol. The molecule has 5 nitrogen and oxygen atoms in total. The largest absolute Gasteiger partial charge is 0.419 e. The first-order valence-electron chi connectivity index (χ1n) is 7.19. The highest BCUT2D eigenvalue weighted by Gasteiger charge is 2.23. The van der Waals surface area contributed by atoms with Crippen LogP contribution >= 0.6 is 11.6 Å². The third kappa shape index (κ3) is 3.43. The van der Waals surface area contributed by atoms with Crippen LogP contribution < -0.4 is 0 Å². The molecule has 0 bridgehead atoms. The number of aliphatic hydroxyl groups excluding tert-OH is 1. The SMILES string of the molecule is OC[C@H]1CCCCN1Cc1nnc(-c2ccc(Cl)cc2)o1. The van der Waals surface area contributed by atoms with E-state index in [1.54, 1.807) is 12.1 Å². The minimum atomic E-state index is 0.179. The van der Waals surface area contributed by atoms with Gasteiger partial charge in [-0.3, -0.25) is 4.90 Å². The monoisotopic (exact) mass is 307 g/mol. The molecule has 0 aliphatic carbocycles. The lowest BCUT2D eigenvalue weighted by molar-refractivity contribution is 0.0769. The molecule has 0 saturated carbocycles. The second-order valence-electron chi connectivity index (χ2n) is 5.31. The van der Waals surface area contributed by atoms with Crippen LogP contribution in [0, 0.1) is 0 Å². The maximum absolute atomic E-state index is 9.43. The molecule has 0 amide bonds. The third-order valence-corrected chi connectivity index (χ3v) is 4.11. The van der Waals surface area contributed by atoms with Crippen molar-refractivity contribution in [2.75, 3.05) is 13.2 Å². The van der Waals surface area contributed by atoms with E-state index < -0.39 is 0 Å². The van der Waals surface area contributed by atoms with Crippen molar-refractivity contribution in [2.24, 2.45) is 0 Å². The maximum Gasteiger partial charge on any atom is 0.247 e. The van der Waals surface area contributed by atoms with E-state index in [1.807, 2.05) is 12.1 Å². The second kappa shape index (κ2) is 6.56. The zero-order chi connectivity index (χ0) is 14.7. The lowest BCUT2D eigenvalue weighted by Gasteiger charge is -2.33. The normalized spacial score (nSPS) is 19.8. The van der Waals surface area contributed by atoms with Gasteiger partial charge in [0, 0.05) is 16.6 Å². The Morgan fingerprint density at radius 2 is 2.05 bits per heavy atom. The Morgan fingerprint density at radius 3 is 2.81 bits per heavy atom. The standard InChI is InChI=1S/C15H18ClN3O2/c16-12-6-4-11(5-7-12)15-18-17-14(21-15)9-19-8-2-1-3-13(19)10-20/h4-7,13,20H,1-3,8-10H2/t13-/m1/s1. The summed E-state index contributed by atoms with van der Waals surface area (Å²) in [6.07, 6.45) is 3.34. The molecule has 6 heteroatoms. The van der Waals surface area contributed by atoms with Crippen molar-refractivity contribution >= 4 is 11.6 Å². The molecule has 0 unspecified atom stereocenters. The molecular weight excluding hydrogens is 290 g/mol. The Hall–Kier alpha value is -1.43. The van der Waals surface area contributed by atoms with Crippen LogP contribution in [-0.2, 0) is 6.54 Å². The smallest absolute Gasteiger partial charge is 0.247 e. The van der Waals surface area contributed by atoms with Crippen LogP contribution in [-0.4, -0.2) is 39.4 Å². The van der Waals surface area contributed by atoms with E-state index in [0.717, 1.165) is 24.9 Å². The summed E-state index contributed by atoms with van der Waals surface area (Å²) in [5.74, 6) is 1.08. The molecule has 1 fully saturated rings. The predicted octanol–water partition coefficient (Wildman–Crippen LogP) is 2.74. The highest BCUT2D eigenvalue weighted by atomic mass is 35.5. The van der Waals surface area contributed by atoms with Crippen LogP contribution in [0.3, 0.4) is 0 Å². The van der Waals surface area contributed by atoms with Gasteiger partial charge in [-0.05, 0) is 43.7 Å². The van der Waals surface area contributed by atoms with E-state index >= 15 is 0 Å². The molecule has 1 aliphatic rings. The summed E-state index contributed by atoms with van der Waals surface area (Å²) < 4.78 is 5.72. The highest BCUT2D eigenvalue weighted by Crippen LogP contribution is 2.22. The van der Waals surface area contributed by atoms with Gasteiger partial charge in [-0.1, -0.05) is 18.0 Å². The number of benzene rings is 1. The van der Waals surface area contributed by atoms with Gasteiger partial charge >= 0.3 is 0 Å². The minimum Gasteiger partial charge on any atom is -0.419 e. The summed E-state index contributed by atoms with van der Waals surface area (Å²) in [6.45, 7) is 1.73. The number of halogens is 1. The molecule has 3 rings (SSSR count). The first-order valence-corrected chi connectivity index (χ1v) is 7.57. The van der Waals surface area contributed by atoms with E-state index in [1.165, 1.54) is 6.42 Å². The van der Waals surface area contributed by atoms with Crippen LogP contribution in [0.15, 0.2) is 28.7 Å². The van der Waals surface area contributed by atoms with Crippen molar-refractivity contribution in [2.45, 2.75) is 31.8 Å². The topological polar surface area (TPSA) is 62.4 Å². The summed E-state index contributed by atoms with van der Waals surface area (Å²) >= 11 is 5.87. The Kier molecular flexibility index (Phi) is 4.53. The van der Waals surface area contributed by atoms with Crippen molar-refractivity contribution in [3.05, 3.63) is 35.2 Å². The van der Waals surface area contributed by atoms with Crippen LogP contribution in [0.5, 0.6) is 0 Å². The first kappa shape index (κ1) is 14.5. The summed E-state index contributed by atoms with van der Waals surface area (Å²) in [5.41, 5.74) is 0.857. The van der Waals surface area contributed by atoms with Crippen LogP contribution in [0.1, 0.15) is 25.2 Å². The molecule has 0 radical (unpaired) electrons. The number of aliphatic hydroxyl groups is 1. The summed E-state index contributed by atoms with van der Waals surface area (Å²) in [4.78, 5) is 2.21. The second-order valence-corrected chi connectivity index (χ2v) is 5.75. The van der Waals surface area contributed by atoms with Crippen molar-refractivity contribution in [1.29, 1.82) is 0 Å². The molecule has 112 valence electrons. The Morgan fingerprint density at radius 1 is 1.24 bits per heavy atom. The van der Waals surface area contributed by atoms with Gasteiger partial charge < -0.3 is 9.52 Å². The summed E-state index contributed by atoms with van der Waals surface area (Å²) in [6, 6.07) is 7.51. The molecule has 1 aromatic heterocycles. The third-order valence-electron chi connectivity index (χ3n) is 3.86. The molecule has 2 aromatic rings. The minimum absolute atomic E-state index is 0.179. The van der Waals surface area contributed by atoms with E-state index in [4.69, 9.17) is 16.0 Å². The van der Waals surface area contributed by atoms with Gasteiger partial charge in [0.1, 0.15) is 0 Å². The zero-order valence-corrected chi connectivity index (χ0v) is 12.5. The van der Waals surface area contributed by atoms with E-state index in [9.17, 15) is 5.11 Å². The molecule has 21 heavy (non-hydrogen) atoms. The van der Waals surface area contributed by atoms with Gasteiger partial charge in [-0.15, -0.1) is 10.2 Å².